The van der Waals surface area contributed by atoms with Gasteiger partial charge in [0, 0.05) is 42.7 Å². The SMILES string of the molecule is COc1ccc(Nc2cc(C)nc(NCCNS(=O)(=O)c3cccc([N+](=O)[O-])c3)n2)cc1. The van der Waals surface area contributed by atoms with E-state index in [0.29, 0.717) is 11.8 Å². The van der Waals surface area contributed by atoms with Crippen molar-refractivity contribution in [1.82, 2.24) is 14.7 Å². The normalized spacial score (nSPS) is 11.1. The summed E-state index contributed by atoms with van der Waals surface area (Å²) in [5.41, 5.74) is 1.24. The number of benzene rings is 2. The zero-order chi connectivity index (χ0) is 23.1. The molecule has 11 nitrogen and oxygen atoms in total. The molecule has 12 heteroatoms. The van der Waals surface area contributed by atoms with Crippen molar-refractivity contribution in [3.63, 3.8) is 0 Å². The van der Waals surface area contributed by atoms with Gasteiger partial charge in [0.2, 0.25) is 16.0 Å². The Morgan fingerprint density at radius 3 is 2.50 bits per heavy atom. The first-order valence-corrected chi connectivity index (χ1v) is 11.0. The number of aromatic nitrogens is 2. The van der Waals surface area contributed by atoms with Gasteiger partial charge in [0.05, 0.1) is 16.9 Å². The average molecular weight is 459 g/mol. The lowest BCUT2D eigenvalue weighted by atomic mass is 10.3. The van der Waals surface area contributed by atoms with Crippen molar-refractivity contribution in [3.8, 4) is 5.75 Å². The molecule has 0 bridgehead atoms. The number of aryl methyl sites for hydroxylation is 1. The van der Waals surface area contributed by atoms with Gasteiger partial charge in [-0.2, -0.15) is 4.98 Å². The molecule has 0 aliphatic carbocycles. The number of nitrogens with one attached hydrogen (secondary N) is 3. The zero-order valence-corrected chi connectivity index (χ0v) is 18.2. The summed E-state index contributed by atoms with van der Waals surface area (Å²) >= 11 is 0. The summed E-state index contributed by atoms with van der Waals surface area (Å²) in [5, 5.41) is 17.0. The molecule has 0 aliphatic rings. The molecule has 0 saturated heterocycles. The maximum Gasteiger partial charge on any atom is 0.270 e. The van der Waals surface area contributed by atoms with E-state index in [1.165, 1.54) is 18.2 Å². The second-order valence-electron chi connectivity index (χ2n) is 6.65. The molecule has 1 aromatic heterocycles. The molecule has 0 spiro atoms. The number of anilines is 3. The predicted octanol–water partition coefficient (Wildman–Crippen LogP) is 2.84. The molecule has 0 unspecified atom stereocenters. The first kappa shape index (κ1) is 22.9. The van der Waals surface area contributed by atoms with E-state index >= 15 is 0 Å². The van der Waals surface area contributed by atoms with E-state index in [-0.39, 0.29) is 23.7 Å². The number of nitro groups is 1. The van der Waals surface area contributed by atoms with Crippen molar-refractivity contribution in [1.29, 1.82) is 0 Å². The number of non-ortho nitro benzene ring substituents is 1. The van der Waals surface area contributed by atoms with Crippen molar-refractivity contribution in [2.24, 2.45) is 0 Å². The molecule has 3 N–H and O–H groups in total. The lowest BCUT2D eigenvalue weighted by Gasteiger charge is -2.11. The largest absolute Gasteiger partial charge is 0.497 e. The molecule has 3 aromatic rings. The van der Waals surface area contributed by atoms with Crippen molar-refractivity contribution in [2.45, 2.75) is 11.8 Å². The summed E-state index contributed by atoms with van der Waals surface area (Å²) in [5.74, 6) is 1.64. The van der Waals surface area contributed by atoms with E-state index in [9.17, 15) is 18.5 Å². The molecular formula is C20H22N6O5S. The topological polar surface area (TPSA) is 148 Å². The number of methoxy groups -OCH3 is 1. The number of nitrogens with zero attached hydrogens (tertiary/aromatic N) is 3. The van der Waals surface area contributed by atoms with E-state index < -0.39 is 14.9 Å². The van der Waals surface area contributed by atoms with E-state index in [4.69, 9.17) is 4.74 Å². The summed E-state index contributed by atoms with van der Waals surface area (Å²) in [4.78, 5) is 18.7. The fraction of sp³-hybridized carbons (Fsp3) is 0.200. The van der Waals surface area contributed by atoms with Crippen molar-refractivity contribution in [3.05, 3.63) is 70.4 Å². The van der Waals surface area contributed by atoms with E-state index in [0.717, 1.165) is 23.2 Å². The predicted molar refractivity (Wildman–Crippen MR) is 120 cm³/mol. The third kappa shape index (κ3) is 6.12. The summed E-state index contributed by atoms with van der Waals surface area (Å²) in [6.07, 6.45) is 0. The number of sulfonamides is 1. The number of ether oxygens (including phenoxy) is 1. The first-order chi connectivity index (χ1) is 15.3. The second kappa shape index (κ2) is 10.0. The van der Waals surface area contributed by atoms with Gasteiger partial charge < -0.3 is 15.4 Å². The summed E-state index contributed by atoms with van der Waals surface area (Å²) in [7, 11) is -2.30. The van der Waals surface area contributed by atoms with Gasteiger partial charge in [0.15, 0.2) is 0 Å². The van der Waals surface area contributed by atoms with Crippen LogP contribution in [0.1, 0.15) is 5.69 Å². The van der Waals surface area contributed by atoms with Crippen LogP contribution in [0.3, 0.4) is 0 Å². The van der Waals surface area contributed by atoms with Crippen molar-refractivity contribution in [2.75, 3.05) is 30.8 Å². The highest BCUT2D eigenvalue weighted by Crippen LogP contribution is 2.20. The number of nitro benzene ring substituents is 1. The van der Waals surface area contributed by atoms with E-state index in [1.807, 2.05) is 31.2 Å². The maximum absolute atomic E-state index is 12.4. The molecule has 1 heterocycles. The fourth-order valence-electron chi connectivity index (χ4n) is 2.74. The fourth-order valence-corrected chi connectivity index (χ4v) is 3.81. The highest BCUT2D eigenvalue weighted by atomic mass is 32.2. The van der Waals surface area contributed by atoms with Crippen LogP contribution in [0.2, 0.25) is 0 Å². The van der Waals surface area contributed by atoms with Crippen LogP contribution in [0.25, 0.3) is 0 Å². The number of hydrogen-bond donors (Lipinski definition) is 3. The lowest BCUT2D eigenvalue weighted by molar-refractivity contribution is -0.385. The van der Waals surface area contributed by atoms with Gasteiger partial charge in [0.25, 0.3) is 5.69 Å². The molecule has 32 heavy (non-hydrogen) atoms. The first-order valence-electron chi connectivity index (χ1n) is 9.51. The Morgan fingerprint density at radius 1 is 1.06 bits per heavy atom. The van der Waals surface area contributed by atoms with Crippen LogP contribution in [0.15, 0.2) is 59.5 Å². The summed E-state index contributed by atoms with van der Waals surface area (Å²) in [6.45, 7) is 2.06. The summed E-state index contributed by atoms with van der Waals surface area (Å²) in [6, 6.07) is 14.0. The van der Waals surface area contributed by atoms with Crippen LogP contribution in [-0.2, 0) is 10.0 Å². The second-order valence-corrected chi connectivity index (χ2v) is 8.42. The molecule has 0 amide bonds. The van der Waals surface area contributed by atoms with Crippen LogP contribution in [0.5, 0.6) is 5.75 Å². The Balaban J connectivity index is 1.58. The highest BCUT2D eigenvalue weighted by molar-refractivity contribution is 7.89. The minimum atomic E-state index is -3.89. The number of rotatable bonds is 10. The Hall–Kier alpha value is -3.77. The molecule has 0 radical (unpaired) electrons. The average Bonchev–Trinajstić information content (AvgIpc) is 2.77. The Bertz CT molecular complexity index is 1200. The third-order valence-electron chi connectivity index (χ3n) is 4.26. The van der Waals surface area contributed by atoms with Gasteiger partial charge >= 0.3 is 0 Å². The molecule has 0 atom stereocenters. The summed E-state index contributed by atoms with van der Waals surface area (Å²) < 4.78 is 32.3. The van der Waals surface area contributed by atoms with Crippen molar-refractivity contribution >= 4 is 33.2 Å². The monoisotopic (exact) mass is 458 g/mol. The van der Waals surface area contributed by atoms with Crippen LogP contribution in [-0.4, -0.2) is 43.5 Å². The van der Waals surface area contributed by atoms with Crippen molar-refractivity contribution < 1.29 is 18.1 Å². The Kier molecular flexibility index (Phi) is 7.18. The van der Waals surface area contributed by atoms with Crippen LogP contribution >= 0.6 is 0 Å². The highest BCUT2D eigenvalue weighted by Gasteiger charge is 2.17. The smallest absolute Gasteiger partial charge is 0.270 e. The van der Waals surface area contributed by atoms with Crippen LogP contribution < -0.4 is 20.1 Å². The zero-order valence-electron chi connectivity index (χ0n) is 17.4. The van der Waals surface area contributed by atoms with Gasteiger partial charge in [-0.3, -0.25) is 10.1 Å². The van der Waals surface area contributed by atoms with E-state index in [2.05, 4.69) is 25.3 Å². The number of hydrogen-bond acceptors (Lipinski definition) is 9. The quantitative estimate of drug-likeness (QED) is 0.237. The standard InChI is InChI=1S/C20H22N6O5S/c1-14-12-19(24-15-6-8-17(31-2)9-7-15)25-20(23-14)21-10-11-22-32(29,30)18-5-3-4-16(13-18)26(27)28/h3-9,12-13,22H,10-11H2,1-2H3,(H2,21,23,24,25). The van der Waals surface area contributed by atoms with Gasteiger partial charge in [0.1, 0.15) is 11.6 Å². The van der Waals surface area contributed by atoms with Gasteiger partial charge in [-0.1, -0.05) is 6.07 Å². The molecule has 2 aromatic carbocycles. The maximum atomic E-state index is 12.4. The Morgan fingerprint density at radius 2 is 1.81 bits per heavy atom. The molecule has 3 rings (SSSR count). The van der Waals surface area contributed by atoms with Crippen LogP contribution in [0.4, 0.5) is 23.1 Å². The third-order valence-corrected chi connectivity index (χ3v) is 5.71. The van der Waals surface area contributed by atoms with Gasteiger partial charge in [-0.25, -0.2) is 18.1 Å². The Labute approximate surface area is 185 Å². The molecule has 0 aliphatic heterocycles. The minimum Gasteiger partial charge on any atom is -0.497 e. The molecular weight excluding hydrogens is 436 g/mol. The molecule has 0 saturated carbocycles. The molecule has 168 valence electrons. The van der Waals surface area contributed by atoms with Gasteiger partial charge in [-0.05, 0) is 37.3 Å². The van der Waals surface area contributed by atoms with Crippen LogP contribution in [0, 0.1) is 17.0 Å². The minimum absolute atomic E-state index is 0.0313. The van der Waals surface area contributed by atoms with Gasteiger partial charge in [-0.15, -0.1) is 0 Å². The molecule has 0 fully saturated rings. The lowest BCUT2D eigenvalue weighted by Crippen LogP contribution is -2.29. The van der Waals surface area contributed by atoms with E-state index in [1.54, 1.807) is 13.2 Å².